The van der Waals surface area contributed by atoms with Crippen LogP contribution in [-0.2, 0) is 6.54 Å². The van der Waals surface area contributed by atoms with E-state index in [2.05, 4.69) is 17.1 Å². The lowest BCUT2D eigenvalue weighted by Gasteiger charge is -2.30. The Bertz CT molecular complexity index is 428. The summed E-state index contributed by atoms with van der Waals surface area (Å²) in [6.45, 7) is 7.65. The van der Waals surface area contributed by atoms with E-state index in [1.807, 2.05) is 5.38 Å². The molecule has 5 nitrogen and oxygen atoms in total. The van der Waals surface area contributed by atoms with Gasteiger partial charge in [-0.05, 0) is 56.9 Å². The van der Waals surface area contributed by atoms with Crippen LogP contribution in [0.1, 0.15) is 31.7 Å². The molecule has 0 aliphatic carbocycles. The number of hydrogen-bond donors (Lipinski definition) is 1. The van der Waals surface area contributed by atoms with Crippen LogP contribution in [0.5, 0.6) is 0 Å². The van der Waals surface area contributed by atoms with Crippen LogP contribution < -0.4 is 5.32 Å². The number of thiophene rings is 1. The summed E-state index contributed by atoms with van der Waals surface area (Å²) in [6.07, 6.45) is 3.79. The summed E-state index contributed by atoms with van der Waals surface area (Å²) in [6, 6.07) is 1.66. The van der Waals surface area contributed by atoms with Crippen molar-refractivity contribution in [3.63, 3.8) is 0 Å². The minimum Gasteiger partial charge on any atom is -0.313 e. The molecule has 1 saturated heterocycles. The highest BCUT2D eigenvalue weighted by molar-refractivity contribution is 7.13. The molecule has 0 atom stereocenters. The van der Waals surface area contributed by atoms with E-state index in [-0.39, 0.29) is 9.92 Å². The Labute approximate surface area is 124 Å². The fourth-order valence-corrected chi connectivity index (χ4v) is 3.23. The Morgan fingerprint density at radius 1 is 1.50 bits per heavy atom. The van der Waals surface area contributed by atoms with Gasteiger partial charge in [0.1, 0.15) is 0 Å². The molecule has 1 aromatic rings. The number of nitro groups is 1. The van der Waals surface area contributed by atoms with Crippen LogP contribution >= 0.6 is 11.3 Å². The molecule has 0 bridgehead atoms. The third kappa shape index (κ3) is 4.85. The van der Waals surface area contributed by atoms with E-state index in [1.165, 1.54) is 37.3 Å². The van der Waals surface area contributed by atoms with E-state index in [9.17, 15) is 10.1 Å². The summed E-state index contributed by atoms with van der Waals surface area (Å²) in [5.41, 5.74) is 1.01. The quantitative estimate of drug-likeness (QED) is 0.477. The Balaban J connectivity index is 1.56. The second-order valence-corrected chi connectivity index (χ2v) is 6.49. The van der Waals surface area contributed by atoms with E-state index in [0.717, 1.165) is 37.5 Å². The molecule has 0 saturated carbocycles. The summed E-state index contributed by atoms with van der Waals surface area (Å²) in [7, 11) is 0. The fraction of sp³-hybridized carbons (Fsp3) is 0.714. The zero-order valence-electron chi connectivity index (χ0n) is 12.0. The number of likely N-dealkylation sites (tertiary alicyclic amines) is 1. The highest BCUT2D eigenvalue weighted by Gasteiger charge is 2.14. The van der Waals surface area contributed by atoms with Gasteiger partial charge in [0.15, 0.2) is 0 Å². The van der Waals surface area contributed by atoms with Crippen LogP contribution in [0.3, 0.4) is 0 Å². The molecule has 1 N–H and O–H groups in total. The van der Waals surface area contributed by atoms with Crippen molar-refractivity contribution < 1.29 is 4.92 Å². The molecule has 0 amide bonds. The Morgan fingerprint density at radius 2 is 2.25 bits per heavy atom. The molecule has 0 unspecified atom stereocenters. The van der Waals surface area contributed by atoms with Crippen LogP contribution in [0.2, 0.25) is 0 Å². The van der Waals surface area contributed by atoms with Crippen LogP contribution in [0.15, 0.2) is 11.4 Å². The van der Waals surface area contributed by atoms with Gasteiger partial charge in [0.05, 0.1) is 4.92 Å². The molecule has 1 fully saturated rings. The molecule has 2 rings (SSSR count). The molecule has 1 aromatic heterocycles. The maximum absolute atomic E-state index is 10.6. The Morgan fingerprint density at radius 3 is 2.90 bits per heavy atom. The van der Waals surface area contributed by atoms with Crippen LogP contribution in [0.25, 0.3) is 0 Å². The van der Waals surface area contributed by atoms with Crippen LogP contribution in [0, 0.1) is 16.0 Å². The lowest BCUT2D eigenvalue weighted by Crippen LogP contribution is -2.34. The van der Waals surface area contributed by atoms with Crippen molar-refractivity contribution in [2.45, 2.75) is 32.7 Å². The number of piperidine rings is 1. The molecule has 6 heteroatoms. The van der Waals surface area contributed by atoms with Crippen LogP contribution in [0.4, 0.5) is 5.00 Å². The summed E-state index contributed by atoms with van der Waals surface area (Å²) >= 11 is 1.20. The van der Waals surface area contributed by atoms with Gasteiger partial charge in [-0.2, -0.15) is 0 Å². The van der Waals surface area contributed by atoms with Crippen molar-refractivity contribution in [3.8, 4) is 0 Å². The smallest absolute Gasteiger partial charge is 0.313 e. The van der Waals surface area contributed by atoms with E-state index < -0.39 is 0 Å². The van der Waals surface area contributed by atoms with Crippen molar-refractivity contribution in [2.24, 2.45) is 5.92 Å². The van der Waals surface area contributed by atoms with Crippen molar-refractivity contribution in [3.05, 3.63) is 27.1 Å². The second kappa shape index (κ2) is 7.71. The molecule has 1 aliphatic heterocycles. The van der Waals surface area contributed by atoms with Gasteiger partial charge in [-0.25, -0.2) is 0 Å². The molecule has 2 heterocycles. The topological polar surface area (TPSA) is 58.4 Å². The monoisotopic (exact) mass is 297 g/mol. The van der Waals surface area contributed by atoms with Crippen molar-refractivity contribution in [2.75, 3.05) is 26.2 Å². The minimum absolute atomic E-state index is 0.226. The number of nitrogens with zero attached hydrogens (tertiary/aromatic N) is 2. The first-order valence-electron chi connectivity index (χ1n) is 7.30. The number of nitrogens with one attached hydrogen (secondary N) is 1. The third-order valence-corrected chi connectivity index (χ3v) is 4.78. The molecule has 0 spiro atoms. The van der Waals surface area contributed by atoms with E-state index >= 15 is 0 Å². The van der Waals surface area contributed by atoms with Gasteiger partial charge < -0.3 is 10.2 Å². The Kier molecular flexibility index (Phi) is 5.94. The molecular weight excluding hydrogens is 274 g/mol. The normalized spacial score (nSPS) is 17.4. The van der Waals surface area contributed by atoms with E-state index in [0.29, 0.717) is 0 Å². The van der Waals surface area contributed by atoms with E-state index in [1.54, 1.807) is 6.07 Å². The predicted molar refractivity (Wildman–Crippen MR) is 82.1 cm³/mol. The van der Waals surface area contributed by atoms with Gasteiger partial charge in [-0.15, -0.1) is 0 Å². The fourth-order valence-electron chi connectivity index (χ4n) is 2.50. The zero-order valence-corrected chi connectivity index (χ0v) is 12.8. The maximum Gasteiger partial charge on any atom is 0.324 e. The zero-order chi connectivity index (χ0) is 14.4. The molecule has 112 valence electrons. The first kappa shape index (κ1) is 15.4. The highest BCUT2D eigenvalue weighted by Crippen LogP contribution is 2.22. The standard InChI is InChI=1S/C14H23N3O2S/c1-12-3-7-16(8-4-12)6-2-5-15-10-13-9-14(17(18)19)20-11-13/h9,11-12,15H,2-8,10H2,1H3. The van der Waals surface area contributed by atoms with Gasteiger partial charge >= 0.3 is 5.00 Å². The first-order valence-corrected chi connectivity index (χ1v) is 8.18. The minimum atomic E-state index is -0.328. The largest absolute Gasteiger partial charge is 0.324 e. The Hall–Kier alpha value is -0.980. The lowest BCUT2D eigenvalue weighted by molar-refractivity contribution is -0.380. The summed E-state index contributed by atoms with van der Waals surface area (Å²) < 4.78 is 0. The molecule has 20 heavy (non-hydrogen) atoms. The van der Waals surface area contributed by atoms with Crippen LogP contribution in [-0.4, -0.2) is 36.0 Å². The molecular formula is C14H23N3O2S. The van der Waals surface area contributed by atoms with Gasteiger partial charge in [0, 0.05) is 18.0 Å². The van der Waals surface area contributed by atoms with Gasteiger partial charge in [0.25, 0.3) is 0 Å². The molecule has 0 radical (unpaired) electrons. The van der Waals surface area contributed by atoms with E-state index in [4.69, 9.17) is 0 Å². The summed E-state index contributed by atoms with van der Waals surface area (Å²) in [5.74, 6) is 0.888. The first-order chi connectivity index (χ1) is 9.65. The number of hydrogen-bond acceptors (Lipinski definition) is 5. The van der Waals surface area contributed by atoms with Gasteiger partial charge in [-0.3, -0.25) is 10.1 Å². The second-order valence-electron chi connectivity index (χ2n) is 5.60. The number of rotatable bonds is 7. The third-order valence-electron chi connectivity index (χ3n) is 3.85. The SMILES string of the molecule is CC1CCN(CCCNCc2csc([N+](=O)[O-])c2)CC1. The maximum atomic E-state index is 10.6. The average Bonchev–Trinajstić information content (AvgIpc) is 2.89. The summed E-state index contributed by atoms with van der Waals surface area (Å²) in [4.78, 5) is 12.8. The lowest BCUT2D eigenvalue weighted by atomic mass is 9.99. The average molecular weight is 297 g/mol. The predicted octanol–water partition coefficient (Wildman–Crippen LogP) is 2.87. The molecule has 1 aliphatic rings. The molecule has 0 aromatic carbocycles. The van der Waals surface area contributed by atoms with Gasteiger partial charge in [0.2, 0.25) is 0 Å². The van der Waals surface area contributed by atoms with Gasteiger partial charge in [-0.1, -0.05) is 18.3 Å². The van der Waals surface area contributed by atoms with Crippen molar-refractivity contribution >= 4 is 16.3 Å². The van der Waals surface area contributed by atoms with Crippen molar-refractivity contribution in [1.29, 1.82) is 0 Å². The van der Waals surface area contributed by atoms with Crippen molar-refractivity contribution in [1.82, 2.24) is 10.2 Å². The summed E-state index contributed by atoms with van der Waals surface area (Å²) in [5, 5.41) is 16.0. The highest BCUT2D eigenvalue weighted by atomic mass is 32.1.